The summed E-state index contributed by atoms with van der Waals surface area (Å²) in [5.74, 6) is -0.155. The van der Waals surface area contributed by atoms with Crippen LogP contribution in [0.5, 0.6) is 0 Å². The van der Waals surface area contributed by atoms with Gasteiger partial charge in [-0.15, -0.1) is 0 Å². The molecule has 1 saturated carbocycles. The molecule has 0 spiro atoms. The largest absolute Gasteiger partial charge is 0.326 e. The van der Waals surface area contributed by atoms with Gasteiger partial charge < -0.3 is 5.32 Å². The van der Waals surface area contributed by atoms with Crippen LogP contribution in [0, 0.1) is 0 Å². The fraction of sp³-hybridized carbons (Fsp3) is 0.650. The Balaban J connectivity index is 1.93. The summed E-state index contributed by atoms with van der Waals surface area (Å²) in [4.78, 5) is 12.3. The molecule has 1 amide bonds. The molecule has 0 heterocycles. The van der Waals surface area contributed by atoms with Gasteiger partial charge in [0.1, 0.15) is 0 Å². The SMILES string of the molecule is CC(C)(C)c1ccc(NC(=O)CCN(C2CCCCC2)S(C)(=O)=O)cc1. The highest BCUT2D eigenvalue weighted by atomic mass is 32.2. The molecule has 1 aliphatic carbocycles. The molecule has 146 valence electrons. The Morgan fingerprint density at radius 2 is 1.69 bits per heavy atom. The van der Waals surface area contributed by atoms with E-state index in [1.165, 1.54) is 22.5 Å². The number of anilines is 1. The van der Waals surface area contributed by atoms with E-state index in [2.05, 4.69) is 26.1 Å². The normalized spacial score (nSPS) is 16.7. The van der Waals surface area contributed by atoms with Gasteiger partial charge in [-0.25, -0.2) is 8.42 Å². The molecule has 0 radical (unpaired) electrons. The van der Waals surface area contributed by atoms with Crippen molar-refractivity contribution in [2.45, 2.75) is 70.8 Å². The van der Waals surface area contributed by atoms with Crippen LogP contribution in [0.15, 0.2) is 24.3 Å². The Morgan fingerprint density at radius 3 is 2.19 bits per heavy atom. The average molecular weight is 381 g/mol. The van der Waals surface area contributed by atoms with Crippen LogP contribution in [0.4, 0.5) is 5.69 Å². The standard InChI is InChI=1S/C20H32N2O3S/c1-20(2,3)16-10-12-17(13-11-16)21-19(23)14-15-22(26(4,24)25)18-8-6-5-7-9-18/h10-13,18H,5-9,14-15H2,1-4H3,(H,21,23). The number of nitrogens with zero attached hydrogens (tertiary/aromatic N) is 1. The first kappa shape index (κ1) is 20.9. The smallest absolute Gasteiger partial charge is 0.225 e. The van der Waals surface area contributed by atoms with Crippen molar-refractivity contribution in [3.63, 3.8) is 0 Å². The van der Waals surface area contributed by atoms with Crippen molar-refractivity contribution in [2.75, 3.05) is 18.1 Å². The van der Waals surface area contributed by atoms with Crippen LogP contribution in [0.25, 0.3) is 0 Å². The molecule has 0 aliphatic heterocycles. The van der Waals surface area contributed by atoms with Crippen molar-refractivity contribution >= 4 is 21.6 Å². The minimum atomic E-state index is -3.30. The Morgan fingerprint density at radius 1 is 1.12 bits per heavy atom. The van der Waals surface area contributed by atoms with Gasteiger partial charge in [-0.1, -0.05) is 52.2 Å². The van der Waals surface area contributed by atoms with Crippen molar-refractivity contribution in [3.05, 3.63) is 29.8 Å². The van der Waals surface area contributed by atoms with E-state index in [9.17, 15) is 13.2 Å². The first-order chi connectivity index (χ1) is 12.1. The second-order valence-electron chi connectivity index (χ2n) is 8.29. The van der Waals surface area contributed by atoms with Crippen LogP contribution in [0.1, 0.15) is 64.9 Å². The monoisotopic (exact) mass is 380 g/mol. The molecule has 1 N–H and O–H groups in total. The van der Waals surface area contributed by atoms with E-state index in [4.69, 9.17) is 0 Å². The number of hydrogen-bond donors (Lipinski definition) is 1. The van der Waals surface area contributed by atoms with Gasteiger partial charge in [-0.05, 0) is 36.0 Å². The topological polar surface area (TPSA) is 66.5 Å². The third-order valence-corrected chi connectivity index (χ3v) is 6.33. The van der Waals surface area contributed by atoms with Crippen LogP contribution in [0.2, 0.25) is 0 Å². The molecule has 2 rings (SSSR count). The number of carbonyl (C=O) groups is 1. The Hall–Kier alpha value is -1.40. The summed E-state index contributed by atoms with van der Waals surface area (Å²) in [5.41, 5.74) is 2.01. The molecule has 0 atom stereocenters. The van der Waals surface area contributed by atoms with E-state index in [0.29, 0.717) is 0 Å². The summed E-state index contributed by atoms with van der Waals surface area (Å²) in [5, 5.41) is 2.87. The van der Waals surface area contributed by atoms with Crippen molar-refractivity contribution in [2.24, 2.45) is 0 Å². The zero-order valence-electron chi connectivity index (χ0n) is 16.4. The van der Waals surface area contributed by atoms with Gasteiger partial charge in [0.05, 0.1) is 6.26 Å². The number of hydrogen-bond acceptors (Lipinski definition) is 3. The molecule has 0 saturated heterocycles. The molecule has 5 nitrogen and oxygen atoms in total. The predicted molar refractivity (Wildman–Crippen MR) is 107 cm³/mol. The van der Waals surface area contributed by atoms with Crippen LogP contribution >= 0.6 is 0 Å². The third-order valence-electron chi connectivity index (χ3n) is 5.00. The van der Waals surface area contributed by atoms with Gasteiger partial charge in [-0.3, -0.25) is 4.79 Å². The molecule has 1 aromatic carbocycles. The fourth-order valence-electron chi connectivity index (χ4n) is 3.48. The highest BCUT2D eigenvalue weighted by Gasteiger charge is 2.28. The summed E-state index contributed by atoms with van der Waals surface area (Å²) < 4.78 is 25.8. The number of rotatable bonds is 6. The lowest BCUT2D eigenvalue weighted by atomic mass is 9.87. The maximum atomic E-state index is 12.3. The highest BCUT2D eigenvalue weighted by Crippen LogP contribution is 2.25. The van der Waals surface area contributed by atoms with Gasteiger partial charge >= 0.3 is 0 Å². The van der Waals surface area contributed by atoms with E-state index < -0.39 is 10.0 Å². The maximum Gasteiger partial charge on any atom is 0.225 e. The van der Waals surface area contributed by atoms with E-state index in [1.807, 2.05) is 24.3 Å². The quantitative estimate of drug-likeness (QED) is 0.814. The lowest BCUT2D eigenvalue weighted by Gasteiger charge is -2.32. The van der Waals surface area contributed by atoms with E-state index >= 15 is 0 Å². The number of carbonyl (C=O) groups excluding carboxylic acids is 1. The third kappa shape index (κ3) is 6.09. The summed E-state index contributed by atoms with van der Waals surface area (Å²) in [6.07, 6.45) is 6.48. The van der Waals surface area contributed by atoms with E-state index in [1.54, 1.807) is 0 Å². The van der Waals surface area contributed by atoms with E-state index in [0.717, 1.165) is 31.4 Å². The molecule has 0 bridgehead atoms. The zero-order valence-corrected chi connectivity index (χ0v) is 17.2. The van der Waals surface area contributed by atoms with Gasteiger partial charge in [0, 0.05) is 24.7 Å². The second-order valence-corrected chi connectivity index (χ2v) is 10.2. The van der Waals surface area contributed by atoms with Crippen molar-refractivity contribution in [1.29, 1.82) is 0 Å². The number of nitrogens with one attached hydrogen (secondary N) is 1. The zero-order chi connectivity index (χ0) is 19.4. The van der Waals surface area contributed by atoms with Crippen LogP contribution in [-0.2, 0) is 20.2 Å². The maximum absolute atomic E-state index is 12.3. The number of sulfonamides is 1. The van der Waals surface area contributed by atoms with Crippen molar-refractivity contribution < 1.29 is 13.2 Å². The molecule has 26 heavy (non-hydrogen) atoms. The summed E-state index contributed by atoms with van der Waals surface area (Å²) in [6.45, 7) is 6.68. The minimum absolute atomic E-state index is 0.0395. The summed E-state index contributed by atoms with van der Waals surface area (Å²) in [6, 6.07) is 7.86. The lowest BCUT2D eigenvalue weighted by Crippen LogP contribution is -2.42. The minimum Gasteiger partial charge on any atom is -0.326 e. The first-order valence-corrected chi connectivity index (χ1v) is 11.3. The molecule has 1 fully saturated rings. The molecule has 1 aromatic rings. The van der Waals surface area contributed by atoms with E-state index in [-0.39, 0.29) is 30.3 Å². The summed E-state index contributed by atoms with van der Waals surface area (Å²) >= 11 is 0. The number of amides is 1. The molecule has 6 heteroatoms. The molecular weight excluding hydrogens is 348 g/mol. The van der Waals surface area contributed by atoms with Gasteiger partial charge in [0.25, 0.3) is 0 Å². The van der Waals surface area contributed by atoms with Crippen LogP contribution in [-0.4, -0.2) is 37.5 Å². The Bertz CT molecular complexity index is 700. The average Bonchev–Trinajstić information content (AvgIpc) is 2.54. The van der Waals surface area contributed by atoms with Crippen molar-refractivity contribution in [1.82, 2.24) is 4.31 Å². The van der Waals surface area contributed by atoms with Gasteiger partial charge in [0.2, 0.25) is 15.9 Å². The first-order valence-electron chi connectivity index (χ1n) is 9.44. The fourth-order valence-corrected chi connectivity index (χ4v) is 4.65. The molecule has 0 aromatic heterocycles. The Labute approximate surface area is 158 Å². The van der Waals surface area contributed by atoms with Crippen LogP contribution in [0.3, 0.4) is 0 Å². The summed E-state index contributed by atoms with van der Waals surface area (Å²) in [7, 11) is -3.30. The molecular formula is C20H32N2O3S. The second kappa shape index (κ2) is 8.53. The number of benzene rings is 1. The Kier molecular flexibility index (Phi) is 6.86. The highest BCUT2D eigenvalue weighted by molar-refractivity contribution is 7.88. The van der Waals surface area contributed by atoms with Gasteiger partial charge in [0.15, 0.2) is 0 Å². The molecule has 0 unspecified atom stereocenters. The molecule has 1 aliphatic rings. The van der Waals surface area contributed by atoms with Gasteiger partial charge in [-0.2, -0.15) is 4.31 Å². The van der Waals surface area contributed by atoms with Crippen molar-refractivity contribution in [3.8, 4) is 0 Å². The predicted octanol–water partition coefficient (Wildman–Crippen LogP) is 3.91. The lowest BCUT2D eigenvalue weighted by molar-refractivity contribution is -0.116. The van der Waals surface area contributed by atoms with Crippen LogP contribution < -0.4 is 5.32 Å².